The molecule has 7 nitrogen and oxygen atoms in total. The minimum absolute atomic E-state index is 0. The van der Waals surface area contributed by atoms with Crippen molar-refractivity contribution >= 4 is 16.5 Å². The van der Waals surface area contributed by atoms with Crippen LogP contribution in [-0.4, -0.2) is 49.5 Å². The Balaban J connectivity index is 0.00000392. The molecule has 1 unspecified atom stereocenters. The smallest absolute Gasteiger partial charge is 0.394 e. The van der Waals surface area contributed by atoms with E-state index in [0.717, 1.165) is 12.2 Å². The van der Waals surface area contributed by atoms with E-state index >= 15 is 0 Å². The van der Waals surface area contributed by atoms with Gasteiger partial charge in [0.2, 0.25) is 0 Å². The summed E-state index contributed by atoms with van der Waals surface area (Å²) in [5, 5.41) is 19.5. The van der Waals surface area contributed by atoms with Crippen molar-refractivity contribution in [2.45, 2.75) is 12.9 Å². The fraction of sp³-hybridized carbons (Fsp3) is 0.238. The molecule has 6 N–H and O–H groups in total. The summed E-state index contributed by atoms with van der Waals surface area (Å²) in [6, 6.07) is 6.66. The van der Waals surface area contributed by atoms with E-state index in [0.29, 0.717) is 11.6 Å². The van der Waals surface area contributed by atoms with Crippen LogP contribution >= 0.6 is 0 Å². The Morgan fingerprint density at radius 2 is 1.52 bits per heavy atom. The zero-order chi connectivity index (χ0) is 19.5. The molecule has 0 bridgehead atoms. The second kappa shape index (κ2) is 12.9. The fourth-order valence-electron chi connectivity index (χ4n) is 2.00. The third-order valence-electron chi connectivity index (χ3n) is 3.14. The Morgan fingerprint density at radius 3 is 2.03 bits per heavy atom. The van der Waals surface area contributed by atoms with Gasteiger partial charge < -0.3 is 30.8 Å². The number of benzene rings is 1. The molecule has 0 saturated carbocycles. The number of nitrogens with zero attached hydrogens (tertiary/aromatic N) is 1. The first-order valence-corrected chi connectivity index (χ1v) is 9.26. The molecule has 1 heterocycles. The third kappa shape index (κ3) is 9.39. The summed E-state index contributed by atoms with van der Waals surface area (Å²) in [5.41, 5.74) is 0.887. The van der Waals surface area contributed by atoms with Crippen molar-refractivity contribution in [3.63, 3.8) is 0 Å². The highest BCUT2D eigenvalue weighted by atomic mass is 32.2. The lowest BCUT2D eigenvalue weighted by Crippen LogP contribution is -2.33. The van der Waals surface area contributed by atoms with Gasteiger partial charge in [-0.25, -0.2) is 0 Å². The van der Waals surface area contributed by atoms with Crippen LogP contribution in [0, 0.1) is 59.2 Å². The lowest BCUT2D eigenvalue weighted by Gasteiger charge is -2.19. The Hall–Kier alpha value is -3.39. The summed E-state index contributed by atoms with van der Waals surface area (Å²) in [5.74, 6) is 22.7. The number of rotatable bonds is 3. The minimum Gasteiger partial charge on any atom is -0.429 e. The van der Waals surface area contributed by atoms with Crippen molar-refractivity contribution in [3.8, 4) is 65.0 Å². The van der Waals surface area contributed by atoms with E-state index in [4.69, 9.17) is 4.74 Å². The third-order valence-corrected chi connectivity index (χ3v) is 4.38. The standard InChI is InChI=1S/C21H15NO4S.2H2O/c1-2-3-4-5-6-7-8-9-10-15-21(23,24)26-20-13-11-19(12-14-20)22-16-17-27(25)18-22;;/h11-14,23-24H,16-18H2,1H3;2*1H2. The van der Waals surface area contributed by atoms with Gasteiger partial charge in [0.25, 0.3) is 0 Å². The predicted molar refractivity (Wildman–Crippen MR) is 111 cm³/mol. The molecule has 29 heavy (non-hydrogen) atoms. The summed E-state index contributed by atoms with van der Waals surface area (Å²) >= 11 is 0. The molecule has 1 fully saturated rings. The van der Waals surface area contributed by atoms with Crippen molar-refractivity contribution in [1.82, 2.24) is 0 Å². The molecule has 1 aliphatic heterocycles. The molecule has 1 aromatic carbocycles. The van der Waals surface area contributed by atoms with Gasteiger partial charge in [-0.05, 0) is 78.6 Å². The van der Waals surface area contributed by atoms with Gasteiger partial charge in [0.15, 0.2) is 0 Å². The first-order chi connectivity index (χ1) is 13.0. The normalized spacial score (nSPS) is 13.5. The highest BCUT2D eigenvalue weighted by molar-refractivity contribution is 7.85. The molecule has 0 radical (unpaired) electrons. The quantitative estimate of drug-likeness (QED) is 0.465. The lowest BCUT2D eigenvalue weighted by atomic mass is 10.3. The van der Waals surface area contributed by atoms with Crippen LogP contribution in [0.1, 0.15) is 6.92 Å². The Bertz CT molecular complexity index is 1020. The van der Waals surface area contributed by atoms with Crippen molar-refractivity contribution in [2.24, 2.45) is 0 Å². The summed E-state index contributed by atoms with van der Waals surface area (Å²) in [7, 11) is -0.823. The number of ether oxygens (including phenoxy) is 1. The van der Waals surface area contributed by atoms with Gasteiger partial charge in [0.05, 0.1) is 5.88 Å². The number of anilines is 1. The van der Waals surface area contributed by atoms with E-state index < -0.39 is 16.8 Å². The predicted octanol–water partition coefficient (Wildman–Crippen LogP) is -1.38. The molecular formula is C21H19NO6S. The second-order valence-electron chi connectivity index (χ2n) is 5.12. The van der Waals surface area contributed by atoms with E-state index in [1.54, 1.807) is 31.2 Å². The first-order valence-electron chi connectivity index (χ1n) is 7.78. The Kier molecular flexibility index (Phi) is 11.4. The van der Waals surface area contributed by atoms with Crippen LogP contribution in [-0.2, 0) is 10.8 Å². The van der Waals surface area contributed by atoms with Crippen LogP contribution < -0.4 is 9.64 Å². The maximum absolute atomic E-state index is 11.4. The maximum Gasteiger partial charge on any atom is 0.394 e. The molecule has 0 aliphatic carbocycles. The fourth-order valence-corrected chi connectivity index (χ4v) is 3.17. The van der Waals surface area contributed by atoms with Gasteiger partial charge in [-0.15, -0.1) is 0 Å². The molecule has 1 aliphatic rings. The monoisotopic (exact) mass is 413 g/mol. The van der Waals surface area contributed by atoms with Crippen molar-refractivity contribution in [1.29, 1.82) is 0 Å². The number of hydrogen-bond donors (Lipinski definition) is 2. The SMILES string of the molecule is CC#CC#CC#CC#CC#CC(O)(O)Oc1ccc(N2CCS(=O)C2)cc1.O.O. The van der Waals surface area contributed by atoms with Crippen molar-refractivity contribution < 1.29 is 30.1 Å². The largest absolute Gasteiger partial charge is 0.429 e. The van der Waals surface area contributed by atoms with Crippen LogP contribution in [0.2, 0.25) is 0 Å². The summed E-state index contributed by atoms with van der Waals surface area (Å²) in [6.07, 6.45) is 0. The molecule has 0 spiro atoms. The molecule has 8 heteroatoms. The lowest BCUT2D eigenvalue weighted by molar-refractivity contribution is -0.245. The Labute approximate surface area is 172 Å². The maximum atomic E-state index is 11.4. The van der Waals surface area contributed by atoms with Gasteiger partial charge in [0.1, 0.15) is 5.75 Å². The topological polar surface area (TPSA) is 133 Å². The van der Waals surface area contributed by atoms with E-state index in [2.05, 4.69) is 59.2 Å². The first kappa shape index (κ1) is 25.6. The minimum atomic E-state index is -2.69. The molecular weight excluding hydrogens is 394 g/mol. The zero-order valence-corrected chi connectivity index (χ0v) is 16.3. The van der Waals surface area contributed by atoms with Crippen LogP contribution in [0.3, 0.4) is 0 Å². The highest BCUT2D eigenvalue weighted by Gasteiger charge is 2.23. The average Bonchev–Trinajstić information content (AvgIpc) is 3.07. The molecule has 1 aromatic rings. The van der Waals surface area contributed by atoms with Gasteiger partial charge >= 0.3 is 5.97 Å². The molecule has 2 rings (SSSR count). The van der Waals surface area contributed by atoms with Crippen LogP contribution in [0.4, 0.5) is 5.69 Å². The van der Waals surface area contributed by atoms with Crippen molar-refractivity contribution in [2.75, 3.05) is 23.1 Å². The van der Waals surface area contributed by atoms with E-state index in [1.807, 2.05) is 4.90 Å². The van der Waals surface area contributed by atoms with Gasteiger partial charge in [-0.1, -0.05) is 5.92 Å². The Morgan fingerprint density at radius 1 is 0.966 bits per heavy atom. The number of hydrogen-bond acceptors (Lipinski definition) is 5. The van der Waals surface area contributed by atoms with E-state index in [-0.39, 0.29) is 16.7 Å². The van der Waals surface area contributed by atoms with Crippen LogP contribution in [0.25, 0.3) is 0 Å². The second-order valence-corrected chi connectivity index (χ2v) is 6.66. The molecule has 0 aromatic heterocycles. The highest BCUT2D eigenvalue weighted by Crippen LogP contribution is 2.23. The molecule has 1 atom stereocenters. The molecule has 1 saturated heterocycles. The average molecular weight is 413 g/mol. The number of aliphatic hydroxyl groups is 2. The van der Waals surface area contributed by atoms with E-state index in [1.165, 1.54) is 0 Å². The van der Waals surface area contributed by atoms with Gasteiger partial charge in [-0.2, -0.15) is 0 Å². The van der Waals surface area contributed by atoms with Gasteiger partial charge in [0, 0.05) is 34.7 Å². The summed E-state index contributed by atoms with van der Waals surface area (Å²) < 4.78 is 16.5. The zero-order valence-electron chi connectivity index (χ0n) is 15.5. The van der Waals surface area contributed by atoms with E-state index in [9.17, 15) is 14.4 Å². The summed E-state index contributed by atoms with van der Waals surface area (Å²) in [4.78, 5) is 1.99. The molecule has 0 amide bonds. The summed E-state index contributed by atoms with van der Waals surface area (Å²) in [6.45, 7) is 2.39. The van der Waals surface area contributed by atoms with Crippen LogP contribution in [0.5, 0.6) is 5.75 Å². The van der Waals surface area contributed by atoms with Gasteiger partial charge in [-0.3, -0.25) is 4.21 Å². The molecule has 150 valence electrons. The van der Waals surface area contributed by atoms with Crippen LogP contribution in [0.15, 0.2) is 24.3 Å². The van der Waals surface area contributed by atoms with Crippen molar-refractivity contribution in [3.05, 3.63) is 24.3 Å².